The molecule has 1 aromatic rings. The predicted octanol–water partition coefficient (Wildman–Crippen LogP) is 1.01. The molecule has 0 atom stereocenters. The van der Waals surface area contributed by atoms with E-state index in [1.807, 2.05) is 5.92 Å². The van der Waals surface area contributed by atoms with Gasteiger partial charge in [-0.1, -0.05) is 0 Å². The number of rotatable bonds is 5. The number of nitrogens with zero attached hydrogens (tertiary/aromatic N) is 1. The number of esters is 1. The summed E-state index contributed by atoms with van der Waals surface area (Å²) < 4.78 is 17.3. The third-order valence-electron chi connectivity index (χ3n) is 2.23. The van der Waals surface area contributed by atoms with Crippen molar-refractivity contribution in [1.82, 2.24) is 0 Å². The molecule has 0 N–H and O–H groups in total. The van der Waals surface area contributed by atoms with Gasteiger partial charge in [-0.3, -0.25) is 9.59 Å². The van der Waals surface area contributed by atoms with Crippen molar-refractivity contribution in [2.24, 2.45) is 0 Å². The quantitative estimate of drug-likeness (QED) is 0.444. The highest BCUT2D eigenvalue weighted by Crippen LogP contribution is 2.14. The Kier molecular flexibility index (Phi) is 4.88. The number of benzene rings is 1. The Labute approximate surface area is 104 Å². The third-order valence-corrected chi connectivity index (χ3v) is 2.23. The van der Waals surface area contributed by atoms with Gasteiger partial charge in [0.2, 0.25) is 5.78 Å². The summed E-state index contributed by atoms with van der Waals surface area (Å²) in [6.07, 6.45) is 4.98. The average Bonchev–Trinajstić information content (AvgIpc) is 2.38. The van der Waals surface area contributed by atoms with Crippen molar-refractivity contribution in [3.63, 3.8) is 0 Å². The highest BCUT2D eigenvalue weighted by atomic mass is 19.1. The highest BCUT2D eigenvalue weighted by Gasteiger charge is 2.14. The molecule has 0 saturated carbocycles. The lowest BCUT2D eigenvalue weighted by atomic mass is 10.2. The molecule has 5 heteroatoms. The van der Waals surface area contributed by atoms with Crippen LogP contribution < -0.4 is 4.90 Å². The van der Waals surface area contributed by atoms with Gasteiger partial charge in [0.25, 0.3) is 0 Å². The molecule has 1 aromatic carbocycles. The number of carbonyl (C=O) groups excluding carboxylic acids is 2. The maximum absolute atomic E-state index is 12.8. The van der Waals surface area contributed by atoms with E-state index in [0.29, 0.717) is 5.69 Å². The maximum Gasteiger partial charge on any atom is 0.325 e. The molecule has 0 aromatic heterocycles. The molecule has 0 radical (unpaired) electrons. The molecule has 0 aliphatic carbocycles. The fourth-order valence-electron chi connectivity index (χ4n) is 1.33. The lowest BCUT2D eigenvalue weighted by Crippen LogP contribution is -2.34. The van der Waals surface area contributed by atoms with Crippen molar-refractivity contribution >= 4 is 17.4 Å². The molecule has 18 heavy (non-hydrogen) atoms. The first-order chi connectivity index (χ1) is 8.56. The topological polar surface area (TPSA) is 46.6 Å². The molecule has 0 saturated heterocycles. The Morgan fingerprint density at radius 1 is 1.33 bits per heavy atom. The first-order valence-corrected chi connectivity index (χ1v) is 5.13. The zero-order valence-electron chi connectivity index (χ0n) is 9.85. The average molecular weight is 249 g/mol. The van der Waals surface area contributed by atoms with E-state index in [9.17, 15) is 14.0 Å². The van der Waals surface area contributed by atoms with Crippen molar-refractivity contribution in [1.29, 1.82) is 0 Å². The van der Waals surface area contributed by atoms with Crippen molar-refractivity contribution in [2.45, 2.75) is 0 Å². The molecule has 0 aliphatic heterocycles. The first kappa shape index (κ1) is 13.7. The van der Waals surface area contributed by atoms with Gasteiger partial charge in [-0.05, 0) is 30.2 Å². The minimum atomic E-state index is -0.510. The number of ether oxygens (including phenoxy) is 1. The fourth-order valence-corrected chi connectivity index (χ4v) is 1.33. The second-order valence-corrected chi connectivity index (χ2v) is 3.48. The van der Waals surface area contributed by atoms with E-state index in [1.165, 1.54) is 36.3 Å². The van der Waals surface area contributed by atoms with Gasteiger partial charge in [-0.15, -0.1) is 6.42 Å². The van der Waals surface area contributed by atoms with Gasteiger partial charge in [0, 0.05) is 5.69 Å². The van der Waals surface area contributed by atoms with Crippen LogP contribution in [-0.2, 0) is 14.3 Å². The lowest BCUT2D eigenvalue weighted by Gasteiger charge is -2.21. The minimum absolute atomic E-state index is 0.128. The number of ketones is 1. The van der Waals surface area contributed by atoms with Crippen molar-refractivity contribution < 1.29 is 18.7 Å². The number of hydrogen-bond donors (Lipinski definition) is 0. The van der Waals surface area contributed by atoms with Crippen LogP contribution in [0.2, 0.25) is 0 Å². The van der Waals surface area contributed by atoms with E-state index in [2.05, 4.69) is 4.74 Å². The SMILES string of the molecule is C#CC(=O)CN(CC(=O)OC)c1ccc(F)cc1. The van der Waals surface area contributed by atoms with Crippen molar-refractivity contribution in [3.8, 4) is 12.3 Å². The molecule has 0 heterocycles. The molecule has 4 nitrogen and oxygen atoms in total. The van der Waals surface area contributed by atoms with Crippen LogP contribution in [-0.4, -0.2) is 32.0 Å². The van der Waals surface area contributed by atoms with Crippen LogP contribution in [0.15, 0.2) is 24.3 Å². The Morgan fingerprint density at radius 3 is 2.44 bits per heavy atom. The van der Waals surface area contributed by atoms with Crippen LogP contribution in [0.25, 0.3) is 0 Å². The van der Waals surface area contributed by atoms with Crippen LogP contribution in [0, 0.1) is 18.2 Å². The largest absolute Gasteiger partial charge is 0.468 e. The number of Topliss-reactive ketones (excluding diaryl/α,β-unsaturated/α-hetero) is 1. The molecule has 0 spiro atoms. The van der Waals surface area contributed by atoms with Gasteiger partial charge in [0.05, 0.1) is 13.7 Å². The Bertz CT molecular complexity index is 476. The fraction of sp³-hybridized carbons (Fsp3) is 0.231. The first-order valence-electron chi connectivity index (χ1n) is 5.13. The number of anilines is 1. The molecular weight excluding hydrogens is 237 g/mol. The van der Waals surface area contributed by atoms with Gasteiger partial charge >= 0.3 is 5.97 Å². The summed E-state index contributed by atoms with van der Waals surface area (Å²) in [6.45, 7) is -0.257. The monoisotopic (exact) mass is 249 g/mol. The molecule has 0 amide bonds. The normalized spacial score (nSPS) is 9.39. The molecule has 0 bridgehead atoms. The van der Waals surface area contributed by atoms with E-state index < -0.39 is 17.6 Å². The van der Waals surface area contributed by atoms with Gasteiger partial charge in [-0.25, -0.2) is 4.39 Å². The van der Waals surface area contributed by atoms with E-state index in [1.54, 1.807) is 0 Å². The Hall–Kier alpha value is -2.35. The molecule has 0 fully saturated rings. The smallest absolute Gasteiger partial charge is 0.325 e. The third kappa shape index (κ3) is 3.91. The predicted molar refractivity (Wildman–Crippen MR) is 64.5 cm³/mol. The van der Waals surface area contributed by atoms with Gasteiger partial charge in [-0.2, -0.15) is 0 Å². The van der Waals surface area contributed by atoms with E-state index in [-0.39, 0.29) is 13.1 Å². The molecular formula is C13H12FNO3. The summed E-state index contributed by atoms with van der Waals surface area (Å²) in [5.74, 6) is 0.579. The van der Waals surface area contributed by atoms with Gasteiger partial charge in [0.1, 0.15) is 12.4 Å². The van der Waals surface area contributed by atoms with Crippen LogP contribution >= 0.6 is 0 Å². The van der Waals surface area contributed by atoms with Crippen LogP contribution in [0.4, 0.5) is 10.1 Å². The van der Waals surface area contributed by atoms with E-state index in [4.69, 9.17) is 6.42 Å². The Balaban J connectivity index is 2.89. The standard InChI is InChI=1S/C13H12FNO3/c1-3-12(16)8-15(9-13(17)18-2)11-6-4-10(14)5-7-11/h1,4-7H,8-9H2,2H3. The summed E-state index contributed by atoms with van der Waals surface area (Å²) >= 11 is 0. The summed E-state index contributed by atoms with van der Waals surface area (Å²) in [5.41, 5.74) is 0.519. The number of terminal acetylenes is 1. The number of hydrogen-bond acceptors (Lipinski definition) is 4. The molecule has 1 rings (SSSR count). The summed E-state index contributed by atoms with van der Waals surface area (Å²) in [6, 6.07) is 5.39. The minimum Gasteiger partial charge on any atom is -0.468 e. The number of halogens is 1. The zero-order chi connectivity index (χ0) is 13.5. The summed E-state index contributed by atoms with van der Waals surface area (Å²) in [7, 11) is 1.24. The zero-order valence-corrected chi connectivity index (χ0v) is 9.85. The summed E-state index contributed by atoms with van der Waals surface area (Å²) in [5, 5.41) is 0. The van der Waals surface area contributed by atoms with Gasteiger partial charge < -0.3 is 9.64 Å². The maximum atomic E-state index is 12.8. The van der Waals surface area contributed by atoms with E-state index in [0.717, 1.165) is 0 Å². The molecule has 0 unspecified atom stereocenters. The van der Waals surface area contributed by atoms with Crippen molar-refractivity contribution in [3.05, 3.63) is 30.1 Å². The second kappa shape index (κ2) is 6.40. The number of carbonyl (C=O) groups is 2. The summed E-state index contributed by atoms with van der Waals surface area (Å²) in [4.78, 5) is 23.9. The van der Waals surface area contributed by atoms with Crippen molar-refractivity contribution in [2.75, 3.05) is 25.1 Å². The van der Waals surface area contributed by atoms with Gasteiger partial charge in [0.15, 0.2) is 0 Å². The Morgan fingerprint density at radius 2 is 1.94 bits per heavy atom. The van der Waals surface area contributed by atoms with Crippen LogP contribution in [0.1, 0.15) is 0 Å². The van der Waals surface area contributed by atoms with E-state index >= 15 is 0 Å². The molecule has 0 aliphatic rings. The second-order valence-electron chi connectivity index (χ2n) is 3.48. The van der Waals surface area contributed by atoms with Crippen LogP contribution in [0.3, 0.4) is 0 Å². The molecule has 94 valence electrons. The van der Waals surface area contributed by atoms with Crippen LogP contribution in [0.5, 0.6) is 0 Å². The lowest BCUT2D eigenvalue weighted by molar-refractivity contribution is -0.138. The number of methoxy groups -OCH3 is 1. The highest BCUT2D eigenvalue weighted by molar-refractivity contribution is 5.98.